The molecule has 0 aliphatic rings. The van der Waals surface area contributed by atoms with E-state index in [0.29, 0.717) is 19.8 Å². The Hall–Kier alpha value is -1.10. The summed E-state index contributed by atoms with van der Waals surface area (Å²) in [6, 6.07) is 7.65. The molecule has 0 spiro atoms. The summed E-state index contributed by atoms with van der Waals surface area (Å²) >= 11 is 0. The molecular formula is C12H19NO3. The summed E-state index contributed by atoms with van der Waals surface area (Å²) < 4.78 is 10.7. The molecule has 1 rings (SSSR count). The Kier molecular flexibility index (Phi) is 5.85. The summed E-state index contributed by atoms with van der Waals surface area (Å²) in [6.07, 6.45) is 0. The Labute approximate surface area is 96.0 Å². The van der Waals surface area contributed by atoms with Crippen molar-refractivity contribution in [2.45, 2.75) is 13.0 Å². The summed E-state index contributed by atoms with van der Waals surface area (Å²) in [6.45, 7) is 3.23. The van der Waals surface area contributed by atoms with Crippen LogP contribution in [0.5, 0.6) is 5.75 Å². The average Bonchev–Trinajstić information content (AvgIpc) is 2.29. The van der Waals surface area contributed by atoms with E-state index >= 15 is 0 Å². The first-order valence-electron chi connectivity index (χ1n) is 5.41. The summed E-state index contributed by atoms with van der Waals surface area (Å²) in [7, 11) is 0. The molecule has 0 fully saturated rings. The second-order valence-corrected chi connectivity index (χ2v) is 3.51. The van der Waals surface area contributed by atoms with Crippen molar-refractivity contribution in [2.75, 3.05) is 26.4 Å². The molecule has 0 saturated carbocycles. The zero-order valence-corrected chi connectivity index (χ0v) is 9.56. The van der Waals surface area contributed by atoms with Crippen molar-refractivity contribution in [1.29, 1.82) is 0 Å². The minimum Gasteiger partial charge on any atom is -0.491 e. The van der Waals surface area contributed by atoms with Crippen LogP contribution in [0.25, 0.3) is 0 Å². The van der Waals surface area contributed by atoms with E-state index in [1.54, 1.807) is 0 Å². The molecule has 0 saturated heterocycles. The van der Waals surface area contributed by atoms with Crippen LogP contribution in [0.1, 0.15) is 18.5 Å². The van der Waals surface area contributed by atoms with E-state index in [9.17, 15) is 0 Å². The van der Waals surface area contributed by atoms with Gasteiger partial charge in [-0.3, -0.25) is 0 Å². The summed E-state index contributed by atoms with van der Waals surface area (Å²) in [5.74, 6) is 0.796. The number of hydrogen-bond acceptors (Lipinski definition) is 4. The van der Waals surface area contributed by atoms with Crippen LogP contribution in [0.3, 0.4) is 0 Å². The minimum absolute atomic E-state index is 0.0381. The van der Waals surface area contributed by atoms with Crippen molar-refractivity contribution in [2.24, 2.45) is 5.73 Å². The van der Waals surface area contributed by atoms with Gasteiger partial charge in [0.1, 0.15) is 12.4 Å². The fraction of sp³-hybridized carbons (Fsp3) is 0.500. The van der Waals surface area contributed by atoms with Crippen LogP contribution in [-0.2, 0) is 4.74 Å². The van der Waals surface area contributed by atoms with Gasteiger partial charge in [0.25, 0.3) is 0 Å². The first kappa shape index (κ1) is 13.0. The van der Waals surface area contributed by atoms with Crippen molar-refractivity contribution >= 4 is 0 Å². The van der Waals surface area contributed by atoms with Crippen LogP contribution >= 0.6 is 0 Å². The zero-order valence-electron chi connectivity index (χ0n) is 9.56. The predicted octanol–water partition coefficient (Wildman–Crippen LogP) is 1.09. The molecule has 0 aliphatic carbocycles. The van der Waals surface area contributed by atoms with Gasteiger partial charge < -0.3 is 20.3 Å². The molecule has 1 atom stereocenters. The van der Waals surface area contributed by atoms with Gasteiger partial charge in [-0.05, 0) is 13.0 Å². The molecule has 0 radical (unpaired) electrons. The monoisotopic (exact) mass is 225 g/mol. The van der Waals surface area contributed by atoms with Crippen molar-refractivity contribution < 1.29 is 14.6 Å². The van der Waals surface area contributed by atoms with E-state index in [1.165, 1.54) is 0 Å². The minimum atomic E-state index is -0.0467. The van der Waals surface area contributed by atoms with Gasteiger partial charge in [0.05, 0.1) is 19.8 Å². The molecule has 0 amide bonds. The third-order valence-corrected chi connectivity index (χ3v) is 2.13. The van der Waals surface area contributed by atoms with Gasteiger partial charge in [0, 0.05) is 11.6 Å². The van der Waals surface area contributed by atoms with Crippen LogP contribution in [-0.4, -0.2) is 31.5 Å². The lowest BCUT2D eigenvalue weighted by atomic mass is 10.1. The van der Waals surface area contributed by atoms with Gasteiger partial charge in [-0.1, -0.05) is 18.2 Å². The maximum atomic E-state index is 8.52. The summed E-state index contributed by atoms with van der Waals surface area (Å²) in [5, 5.41) is 8.52. The molecule has 0 aromatic heterocycles. The van der Waals surface area contributed by atoms with Crippen molar-refractivity contribution in [1.82, 2.24) is 0 Å². The van der Waals surface area contributed by atoms with E-state index in [4.69, 9.17) is 20.3 Å². The molecule has 1 aromatic rings. The van der Waals surface area contributed by atoms with Crippen LogP contribution in [0, 0.1) is 0 Å². The second-order valence-electron chi connectivity index (χ2n) is 3.51. The zero-order chi connectivity index (χ0) is 11.8. The predicted molar refractivity (Wildman–Crippen MR) is 62.4 cm³/mol. The van der Waals surface area contributed by atoms with Gasteiger partial charge in [-0.2, -0.15) is 0 Å². The topological polar surface area (TPSA) is 64.7 Å². The lowest BCUT2D eigenvalue weighted by Crippen LogP contribution is -2.12. The molecule has 0 heterocycles. The van der Waals surface area contributed by atoms with Gasteiger partial charge in [0.2, 0.25) is 0 Å². The van der Waals surface area contributed by atoms with E-state index in [-0.39, 0.29) is 12.6 Å². The first-order chi connectivity index (χ1) is 7.75. The largest absolute Gasteiger partial charge is 0.491 e. The van der Waals surface area contributed by atoms with Crippen molar-refractivity contribution in [3.63, 3.8) is 0 Å². The molecule has 0 unspecified atom stereocenters. The SMILES string of the molecule is C[C@H](N)c1ccccc1OCCOCCO. The Morgan fingerprint density at radius 1 is 1.25 bits per heavy atom. The highest BCUT2D eigenvalue weighted by Crippen LogP contribution is 2.22. The lowest BCUT2D eigenvalue weighted by molar-refractivity contribution is 0.0702. The Bertz CT molecular complexity index is 302. The number of benzene rings is 1. The van der Waals surface area contributed by atoms with Crippen molar-refractivity contribution in [3.8, 4) is 5.75 Å². The van der Waals surface area contributed by atoms with Gasteiger partial charge in [-0.15, -0.1) is 0 Å². The van der Waals surface area contributed by atoms with Gasteiger partial charge >= 0.3 is 0 Å². The van der Waals surface area contributed by atoms with E-state index in [0.717, 1.165) is 11.3 Å². The normalized spacial score (nSPS) is 12.4. The summed E-state index contributed by atoms with van der Waals surface area (Å²) in [5.41, 5.74) is 6.81. The number of para-hydroxylation sites is 1. The Morgan fingerprint density at radius 3 is 2.69 bits per heavy atom. The number of hydrogen-bond donors (Lipinski definition) is 2. The van der Waals surface area contributed by atoms with Crippen LogP contribution in [0.2, 0.25) is 0 Å². The summed E-state index contributed by atoms with van der Waals surface area (Å²) in [4.78, 5) is 0. The van der Waals surface area contributed by atoms with Crippen LogP contribution in [0.15, 0.2) is 24.3 Å². The highest BCUT2D eigenvalue weighted by molar-refractivity contribution is 5.35. The first-order valence-corrected chi connectivity index (χ1v) is 5.41. The van der Waals surface area contributed by atoms with Crippen LogP contribution in [0.4, 0.5) is 0 Å². The fourth-order valence-corrected chi connectivity index (χ4v) is 1.37. The number of aliphatic hydroxyl groups is 1. The maximum absolute atomic E-state index is 8.52. The third kappa shape index (κ3) is 4.18. The van der Waals surface area contributed by atoms with E-state index < -0.39 is 0 Å². The van der Waals surface area contributed by atoms with Gasteiger partial charge in [0.15, 0.2) is 0 Å². The number of nitrogens with two attached hydrogens (primary N) is 1. The highest BCUT2D eigenvalue weighted by Gasteiger charge is 2.06. The van der Waals surface area contributed by atoms with Crippen molar-refractivity contribution in [3.05, 3.63) is 29.8 Å². The number of aliphatic hydroxyl groups excluding tert-OH is 1. The molecule has 0 aliphatic heterocycles. The average molecular weight is 225 g/mol. The molecule has 3 N–H and O–H groups in total. The fourth-order valence-electron chi connectivity index (χ4n) is 1.37. The quantitative estimate of drug-likeness (QED) is 0.682. The van der Waals surface area contributed by atoms with Gasteiger partial charge in [-0.25, -0.2) is 0 Å². The molecule has 4 nitrogen and oxygen atoms in total. The Balaban J connectivity index is 2.41. The lowest BCUT2D eigenvalue weighted by Gasteiger charge is -2.13. The standard InChI is InChI=1S/C12H19NO3/c1-10(13)11-4-2-3-5-12(11)16-9-8-15-7-6-14/h2-5,10,14H,6-9,13H2,1H3/t10-/m0/s1. The molecule has 1 aromatic carbocycles. The smallest absolute Gasteiger partial charge is 0.124 e. The Morgan fingerprint density at radius 2 is 2.00 bits per heavy atom. The van der Waals surface area contributed by atoms with E-state index in [2.05, 4.69) is 0 Å². The van der Waals surface area contributed by atoms with E-state index in [1.807, 2.05) is 31.2 Å². The molecule has 16 heavy (non-hydrogen) atoms. The second kappa shape index (κ2) is 7.22. The number of rotatable bonds is 7. The third-order valence-electron chi connectivity index (χ3n) is 2.13. The highest BCUT2D eigenvalue weighted by atomic mass is 16.5. The molecule has 0 bridgehead atoms. The molecular weight excluding hydrogens is 206 g/mol. The number of ether oxygens (including phenoxy) is 2. The molecule has 4 heteroatoms. The maximum Gasteiger partial charge on any atom is 0.124 e. The molecule has 90 valence electrons. The van der Waals surface area contributed by atoms with Crippen LogP contribution < -0.4 is 10.5 Å².